The Hall–Kier alpha value is -2.55. The predicted molar refractivity (Wildman–Crippen MR) is 446 cm³/mol. The number of esters is 2. The SMILES string of the molecule is CCCCCCC/C=C\C/C=C\C/C=C\CCCCCCCCCCCCCCCCCCCCCCCCCCC(=O)OCC(COP(=O)(O)OCC[N+](C)(C)C)OC(=O)CCCCCCCCCCCCCCCCCCCCCCCCCC/C=C\C/C=C\C/C=C\CCCCCCC. The van der Waals surface area contributed by atoms with Crippen molar-refractivity contribution in [2.75, 3.05) is 47.5 Å². The number of likely N-dealkylation sites (N-methyl/N-ethyl adjacent to an activating group) is 1. The van der Waals surface area contributed by atoms with Crippen LogP contribution in [0.1, 0.15) is 450 Å². The van der Waals surface area contributed by atoms with Crippen LogP contribution in [0.3, 0.4) is 0 Å². The van der Waals surface area contributed by atoms with Gasteiger partial charge in [0.05, 0.1) is 27.7 Å². The quantitative estimate of drug-likeness (QED) is 0.0211. The summed E-state index contributed by atoms with van der Waals surface area (Å²) in [6.07, 6.45) is 114. The molecule has 0 aromatic heterocycles. The number of unbranched alkanes of at least 4 members (excludes halogenated alkanes) is 58. The third-order valence-electron chi connectivity index (χ3n) is 20.2. The van der Waals surface area contributed by atoms with Gasteiger partial charge in [-0.1, -0.05) is 421 Å². The van der Waals surface area contributed by atoms with Gasteiger partial charge in [0.1, 0.15) is 19.8 Å². The van der Waals surface area contributed by atoms with Gasteiger partial charge in [-0.05, 0) is 89.9 Å². The minimum absolute atomic E-state index is 0.0340. The van der Waals surface area contributed by atoms with Gasteiger partial charge in [-0.3, -0.25) is 18.6 Å². The first kappa shape index (κ1) is 99.5. The van der Waals surface area contributed by atoms with Crippen LogP contribution in [-0.2, 0) is 32.7 Å². The van der Waals surface area contributed by atoms with E-state index in [9.17, 15) is 19.0 Å². The molecule has 10 heteroatoms. The number of carbonyl (C=O) groups excluding carboxylic acids is 2. The lowest BCUT2D eigenvalue weighted by Gasteiger charge is -2.24. The van der Waals surface area contributed by atoms with E-state index in [0.717, 1.165) is 57.8 Å². The fourth-order valence-electron chi connectivity index (χ4n) is 13.4. The molecule has 0 saturated heterocycles. The lowest BCUT2D eigenvalue weighted by Crippen LogP contribution is -2.37. The number of rotatable bonds is 84. The fourth-order valence-corrected chi connectivity index (χ4v) is 14.1. The van der Waals surface area contributed by atoms with Gasteiger partial charge in [0, 0.05) is 12.8 Å². The zero-order valence-corrected chi connectivity index (χ0v) is 69.5. The number of nitrogens with zero attached hydrogens (tertiary/aromatic N) is 1. The van der Waals surface area contributed by atoms with Gasteiger partial charge in [0.2, 0.25) is 0 Å². The van der Waals surface area contributed by atoms with Crippen molar-refractivity contribution in [2.24, 2.45) is 0 Å². The number of allylic oxidation sites excluding steroid dienone is 12. The summed E-state index contributed by atoms with van der Waals surface area (Å²) in [5.41, 5.74) is 0. The maximum Gasteiger partial charge on any atom is 0.472 e. The normalized spacial score (nSPS) is 13.3. The highest BCUT2D eigenvalue weighted by Gasteiger charge is 2.27. The van der Waals surface area contributed by atoms with Crippen molar-refractivity contribution in [2.45, 2.75) is 457 Å². The minimum atomic E-state index is -4.40. The highest BCUT2D eigenvalue weighted by Crippen LogP contribution is 2.43. The molecule has 1 N–H and O–H groups in total. The monoisotopic (exact) mass is 1450 g/mol. The average molecular weight is 1450 g/mol. The van der Waals surface area contributed by atoms with Crippen LogP contribution in [-0.4, -0.2) is 74.9 Å². The lowest BCUT2D eigenvalue weighted by molar-refractivity contribution is -0.870. The first-order valence-corrected chi connectivity index (χ1v) is 46.2. The van der Waals surface area contributed by atoms with Gasteiger partial charge in [-0.25, -0.2) is 4.57 Å². The second kappa shape index (κ2) is 82.5. The van der Waals surface area contributed by atoms with Crippen LogP contribution in [0.25, 0.3) is 0 Å². The Morgan fingerprint density at radius 3 is 0.784 bits per heavy atom. The second-order valence-electron chi connectivity index (χ2n) is 31.6. The fraction of sp³-hybridized carbons (Fsp3) is 0.848. The molecule has 102 heavy (non-hydrogen) atoms. The number of hydrogen-bond donors (Lipinski definition) is 1. The molecule has 0 saturated carbocycles. The summed E-state index contributed by atoms with van der Waals surface area (Å²) in [7, 11) is 1.50. The van der Waals surface area contributed by atoms with Gasteiger partial charge in [0.15, 0.2) is 6.10 Å². The van der Waals surface area contributed by atoms with E-state index in [1.807, 2.05) is 21.1 Å². The Bertz CT molecular complexity index is 1950. The highest BCUT2D eigenvalue weighted by atomic mass is 31.2. The molecule has 0 radical (unpaired) electrons. The minimum Gasteiger partial charge on any atom is -0.462 e. The van der Waals surface area contributed by atoms with E-state index in [1.165, 1.54) is 360 Å². The van der Waals surface area contributed by atoms with Gasteiger partial charge >= 0.3 is 19.8 Å². The van der Waals surface area contributed by atoms with E-state index in [-0.39, 0.29) is 25.6 Å². The van der Waals surface area contributed by atoms with Crippen LogP contribution in [0.15, 0.2) is 72.9 Å². The zero-order valence-electron chi connectivity index (χ0n) is 68.6. The third-order valence-corrected chi connectivity index (χ3v) is 21.2. The molecule has 0 aromatic rings. The molecule has 0 heterocycles. The van der Waals surface area contributed by atoms with Crippen molar-refractivity contribution in [3.63, 3.8) is 0 Å². The Morgan fingerprint density at radius 2 is 0.529 bits per heavy atom. The number of hydrogen-bond acceptors (Lipinski definition) is 7. The lowest BCUT2D eigenvalue weighted by atomic mass is 10.0. The predicted octanol–water partition coefficient (Wildman–Crippen LogP) is 30.2. The van der Waals surface area contributed by atoms with Crippen molar-refractivity contribution in [1.29, 1.82) is 0 Å². The molecule has 0 rings (SSSR count). The summed E-state index contributed by atoms with van der Waals surface area (Å²) in [4.78, 5) is 36.1. The molecular weight excluding hydrogens is 1280 g/mol. The van der Waals surface area contributed by atoms with Crippen LogP contribution >= 0.6 is 7.82 Å². The van der Waals surface area contributed by atoms with Crippen molar-refractivity contribution in [3.8, 4) is 0 Å². The molecular formula is C92H173NO8P+. The summed E-state index contributed by atoms with van der Waals surface area (Å²) in [6, 6.07) is 0. The first-order valence-electron chi connectivity index (χ1n) is 44.7. The molecule has 0 aliphatic rings. The van der Waals surface area contributed by atoms with E-state index < -0.39 is 26.5 Å². The zero-order chi connectivity index (χ0) is 74.0. The number of ether oxygens (including phenoxy) is 2. The van der Waals surface area contributed by atoms with E-state index in [0.29, 0.717) is 23.9 Å². The maximum atomic E-state index is 12.9. The Balaban J connectivity index is 3.86. The van der Waals surface area contributed by atoms with E-state index in [4.69, 9.17) is 18.5 Å². The smallest absolute Gasteiger partial charge is 0.462 e. The van der Waals surface area contributed by atoms with E-state index >= 15 is 0 Å². The Labute approximate surface area is 635 Å². The Kier molecular flexibility index (Phi) is 80.4. The largest absolute Gasteiger partial charge is 0.472 e. The molecule has 0 bridgehead atoms. The van der Waals surface area contributed by atoms with E-state index in [1.54, 1.807) is 0 Å². The molecule has 0 aliphatic heterocycles. The summed E-state index contributed by atoms with van der Waals surface area (Å²) in [6.45, 7) is 4.48. The first-order chi connectivity index (χ1) is 50.0. The molecule has 0 fully saturated rings. The third kappa shape index (κ3) is 86.4. The summed E-state index contributed by atoms with van der Waals surface area (Å²) < 4.78 is 34.9. The van der Waals surface area contributed by atoms with Crippen molar-refractivity contribution >= 4 is 19.8 Å². The molecule has 0 amide bonds. The van der Waals surface area contributed by atoms with Gasteiger partial charge in [-0.2, -0.15) is 0 Å². The second-order valence-corrected chi connectivity index (χ2v) is 33.1. The van der Waals surface area contributed by atoms with Crippen molar-refractivity contribution in [3.05, 3.63) is 72.9 Å². The van der Waals surface area contributed by atoms with Gasteiger partial charge in [0.25, 0.3) is 0 Å². The van der Waals surface area contributed by atoms with Crippen molar-refractivity contribution in [1.82, 2.24) is 0 Å². The molecule has 0 spiro atoms. The number of phosphoric acid groups is 1. The number of quaternary nitrogens is 1. The van der Waals surface area contributed by atoms with Gasteiger partial charge < -0.3 is 18.9 Å². The number of carbonyl (C=O) groups is 2. The van der Waals surface area contributed by atoms with Crippen LogP contribution in [0, 0.1) is 0 Å². The molecule has 2 atom stereocenters. The average Bonchev–Trinajstić information content (AvgIpc) is 0.935. The highest BCUT2D eigenvalue weighted by molar-refractivity contribution is 7.47. The van der Waals surface area contributed by atoms with Crippen molar-refractivity contribution < 1.29 is 42.1 Å². The molecule has 0 aliphatic carbocycles. The van der Waals surface area contributed by atoms with Crippen LogP contribution in [0.2, 0.25) is 0 Å². The van der Waals surface area contributed by atoms with Crippen LogP contribution < -0.4 is 0 Å². The molecule has 2 unspecified atom stereocenters. The van der Waals surface area contributed by atoms with E-state index in [2.05, 4.69) is 86.8 Å². The Morgan fingerprint density at radius 1 is 0.304 bits per heavy atom. The topological polar surface area (TPSA) is 108 Å². The van der Waals surface area contributed by atoms with Gasteiger partial charge in [-0.15, -0.1) is 0 Å². The summed E-state index contributed by atoms with van der Waals surface area (Å²) in [5, 5.41) is 0. The maximum absolute atomic E-state index is 12.9. The number of phosphoric ester groups is 1. The summed E-state index contributed by atoms with van der Waals surface area (Å²) in [5.74, 6) is -0.772. The molecule has 0 aromatic carbocycles. The molecule has 598 valence electrons. The standard InChI is InChI=1S/C92H172NO8P/c1-6-8-10-12-14-16-18-20-22-24-26-28-30-32-34-36-38-40-42-44-46-48-50-52-54-56-58-60-62-64-66-68-70-72-74-76-78-80-82-84-91(94)98-88-90(89-100-102(96,97)99-87-86-93(3,4)5)101-92(95)85-83-81-79-77-75-73-71-69-67-65-63-61-59-57-55-53-51-49-47-45-43-41-39-37-35-33-31-29-27-25-23-21-19-17-15-13-11-9-7-2/h18-21,24-27,30-33,90H,6-17,22-23,28-29,34-89H2,1-5H3/p+1/b20-18-,21-19-,26-24-,27-25-,32-30-,33-31-. The molecule has 9 nitrogen and oxygen atoms in total. The summed E-state index contributed by atoms with van der Waals surface area (Å²) >= 11 is 0. The van der Waals surface area contributed by atoms with Crippen LogP contribution in [0.4, 0.5) is 0 Å². The van der Waals surface area contributed by atoms with Crippen LogP contribution in [0.5, 0.6) is 0 Å².